The number of hydrogen-bond donors (Lipinski definition) is 0. The van der Waals surface area contributed by atoms with Crippen molar-refractivity contribution in [3.8, 4) is 5.75 Å². The molecule has 0 aliphatic carbocycles. The summed E-state index contributed by atoms with van der Waals surface area (Å²) >= 11 is 0. The van der Waals surface area contributed by atoms with Gasteiger partial charge in [0.05, 0.1) is 6.61 Å². The van der Waals surface area contributed by atoms with Crippen molar-refractivity contribution in [1.29, 1.82) is 0 Å². The number of likely N-dealkylation sites (N-methyl/N-ethyl adjacent to an activating group) is 1. The molecule has 1 atom stereocenters. The molecule has 5 rings (SSSR count). The van der Waals surface area contributed by atoms with E-state index in [4.69, 9.17) is 4.74 Å². The van der Waals surface area contributed by atoms with Gasteiger partial charge in [-0.25, -0.2) is 0 Å². The molecule has 0 spiro atoms. The Morgan fingerprint density at radius 1 is 1.06 bits per heavy atom. The Hall–Kier alpha value is -3.18. The summed E-state index contributed by atoms with van der Waals surface area (Å²) in [7, 11) is 1.95. The molecule has 176 valence electrons. The highest BCUT2D eigenvalue weighted by Gasteiger charge is 2.32. The van der Waals surface area contributed by atoms with Crippen LogP contribution in [0.15, 0.2) is 72.9 Å². The minimum Gasteiger partial charge on any atom is -0.493 e. The van der Waals surface area contributed by atoms with Crippen molar-refractivity contribution in [3.63, 3.8) is 0 Å². The molecule has 0 saturated carbocycles. The first-order chi connectivity index (χ1) is 16.7. The SMILES string of the molecule is CN(C(=O)c1ccccn1)C(Cc1ccccc1)C1CCN(Cc2ccc3c(c2)CCO3)CC1. The lowest BCUT2D eigenvalue weighted by Gasteiger charge is -2.40. The van der Waals surface area contributed by atoms with Crippen molar-refractivity contribution in [2.45, 2.75) is 38.3 Å². The molecule has 1 saturated heterocycles. The largest absolute Gasteiger partial charge is 0.493 e. The number of hydrogen-bond acceptors (Lipinski definition) is 4. The molecule has 0 radical (unpaired) electrons. The second-order valence-electron chi connectivity index (χ2n) is 9.54. The zero-order valence-electron chi connectivity index (χ0n) is 19.9. The molecule has 1 fully saturated rings. The van der Waals surface area contributed by atoms with Gasteiger partial charge in [-0.3, -0.25) is 14.7 Å². The molecule has 2 aromatic carbocycles. The number of fused-ring (bicyclic) bond motifs is 1. The van der Waals surface area contributed by atoms with E-state index >= 15 is 0 Å². The molecule has 3 heterocycles. The summed E-state index contributed by atoms with van der Waals surface area (Å²) in [5.74, 6) is 1.51. The summed E-state index contributed by atoms with van der Waals surface area (Å²) < 4.78 is 5.66. The molecule has 2 aliphatic heterocycles. The Morgan fingerprint density at radius 3 is 2.62 bits per heavy atom. The van der Waals surface area contributed by atoms with Crippen LogP contribution in [0.2, 0.25) is 0 Å². The van der Waals surface area contributed by atoms with Crippen LogP contribution in [0.1, 0.15) is 40.0 Å². The predicted octanol–water partition coefficient (Wildman–Crippen LogP) is 4.61. The molecule has 3 aromatic rings. The lowest BCUT2D eigenvalue weighted by molar-refractivity contribution is 0.0579. The van der Waals surface area contributed by atoms with Crippen LogP contribution in [0, 0.1) is 5.92 Å². The summed E-state index contributed by atoms with van der Waals surface area (Å²) in [4.78, 5) is 22.1. The minimum atomic E-state index is 0.00400. The lowest BCUT2D eigenvalue weighted by Crippen LogP contribution is -2.47. The number of nitrogens with zero attached hydrogens (tertiary/aromatic N) is 3. The average molecular weight is 456 g/mol. The first-order valence-electron chi connectivity index (χ1n) is 12.4. The summed E-state index contributed by atoms with van der Waals surface area (Å²) in [5, 5.41) is 0. The highest BCUT2D eigenvalue weighted by atomic mass is 16.5. The molecule has 34 heavy (non-hydrogen) atoms. The smallest absolute Gasteiger partial charge is 0.272 e. The highest BCUT2D eigenvalue weighted by molar-refractivity contribution is 5.92. The Balaban J connectivity index is 1.26. The van der Waals surface area contributed by atoms with E-state index in [0.717, 1.165) is 57.7 Å². The van der Waals surface area contributed by atoms with E-state index in [9.17, 15) is 4.79 Å². The third-order valence-electron chi connectivity index (χ3n) is 7.33. The number of rotatable bonds is 7. The fraction of sp³-hybridized carbons (Fsp3) is 0.379. The van der Waals surface area contributed by atoms with Crippen molar-refractivity contribution < 1.29 is 9.53 Å². The molecular formula is C29H33N3O2. The van der Waals surface area contributed by atoms with Crippen LogP contribution < -0.4 is 4.74 Å². The van der Waals surface area contributed by atoms with Crippen molar-refractivity contribution in [2.75, 3.05) is 26.7 Å². The number of likely N-dealkylation sites (tertiary alicyclic amines) is 1. The molecule has 0 bridgehead atoms. The molecule has 5 heteroatoms. The molecular weight excluding hydrogens is 422 g/mol. The molecule has 1 amide bonds. The average Bonchev–Trinajstić information content (AvgIpc) is 3.36. The Kier molecular flexibility index (Phi) is 6.91. The number of carbonyl (C=O) groups excluding carboxylic acids is 1. The topological polar surface area (TPSA) is 45.7 Å². The number of piperidine rings is 1. The van der Waals surface area contributed by atoms with Crippen LogP contribution in [0.5, 0.6) is 5.75 Å². The van der Waals surface area contributed by atoms with Crippen molar-refractivity contribution >= 4 is 5.91 Å². The monoisotopic (exact) mass is 455 g/mol. The van der Waals surface area contributed by atoms with Crippen LogP contribution in [-0.2, 0) is 19.4 Å². The van der Waals surface area contributed by atoms with Crippen molar-refractivity contribution in [2.24, 2.45) is 5.92 Å². The first kappa shape index (κ1) is 22.6. The molecule has 1 unspecified atom stereocenters. The Labute approximate surface area is 202 Å². The normalized spacial score (nSPS) is 17.1. The maximum atomic E-state index is 13.3. The van der Waals surface area contributed by atoms with Crippen LogP contribution in [0.3, 0.4) is 0 Å². The molecule has 0 N–H and O–H groups in total. The van der Waals surface area contributed by atoms with Crippen molar-refractivity contribution in [1.82, 2.24) is 14.8 Å². The van der Waals surface area contributed by atoms with E-state index < -0.39 is 0 Å². The van der Waals surface area contributed by atoms with Crippen LogP contribution in [0.4, 0.5) is 0 Å². The standard InChI is InChI=1S/C29H33N3O2/c1-31(29(33)26-9-5-6-15-30-26)27(20-22-7-3-2-4-8-22)24-12-16-32(17-13-24)21-23-10-11-28-25(19-23)14-18-34-28/h2-11,15,19,24,27H,12-14,16-18,20-21H2,1H3. The Bertz CT molecular complexity index is 1090. The van der Waals surface area contributed by atoms with Crippen LogP contribution in [-0.4, -0.2) is 53.5 Å². The fourth-order valence-electron chi connectivity index (χ4n) is 5.39. The number of amides is 1. The summed E-state index contributed by atoms with van der Waals surface area (Å²) in [6, 6.07) is 22.9. The van der Waals surface area contributed by atoms with Gasteiger partial charge in [0.2, 0.25) is 0 Å². The Morgan fingerprint density at radius 2 is 1.85 bits per heavy atom. The molecule has 1 aromatic heterocycles. The van der Waals surface area contributed by atoms with Gasteiger partial charge in [-0.05, 0) is 73.2 Å². The fourth-order valence-corrected chi connectivity index (χ4v) is 5.39. The van der Waals surface area contributed by atoms with Gasteiger partial charge in [0.1, 0.15) is 11.4 Å². The summed E-state index contributed by atoms with van der Waals surface area (Å²) in [6.07, 6.45) is 5.75. The quantitative estimate of drug-likeness (QED) is 0.522. The number of ether oxygens (including phenoxy) is 1. The van der Waals surface area contributed by atoms with Gasteiger partial charge in [-0.2, -0.15) is 0 Å². The summed E-state index contributed by atoms with van der Waals surface area (Å²) in [6.45, 7) is 3.88. The first-order valence-corrected chi connectivity index (χ1v) is 12.4. The van der Waals surface area contributed by atoms with E-state index in [1.165, 1.54) is 16.7 Å². The van der Waals surface area contributed by atoms with Gasteiger partial charge in [-0.1, -0.05) is 48.5 Å². The minimum absolute atomic E-state index is 0.00400. The zero-order valence-corrected chi connectivity index (χ0v) is 19.9. The van der Waals surface area contributed by atoms with Gasteiger partial charge in [-0.15, -0.1) is 0 Å². The third-order valence-corrected chi connectivity index (χ3v) is 7.33. The van der Waals surface area contributed by atoms with Gasteiger partial charge in [0.25, 0.3) is 5.91 Å². The predicted molar refractivity (Wildman–Crippen MR) is 134 cm³/mol. The number of carbonyl (C=O) groups is 1. The van der Waals surface area contributed by atoms with E-state index in [-0.39, 0.29) is 11.9 Å². The highest BCUT2D eigenvalue weighted by Crippen LogP contribution is 2.30. The van der Waals surface area contributed by atoms with Gasteiger partial charge in [0, 0.05) is 32.3 Å². The van der Waals surface area contributed by atoms with Crippen molar-refractivity contribution in [3.05, 3.63) is 95.3 Å². The van der Waals surface area contributed by atoms with E-state index in [1.54, 1.807) is 6.20 Å². The van der Waals surface area contributed by atoms with Gasteiger partial charge < -0.3 is 9.64 Å². The maximum Gasteiger partial charge on any atom is 0.272 e. The second-order valence-corrected chi connectivity index (χ2v) is 9.54. The van der Waals surface area contributed by atoms with Gasteiger partial charge >= 0.3 is 0 Å². The number of pyridine rings is 1. The number of aromatic nitrogens is 1. The van der Waals surface area contributed by atoms with E-state index in [2.05, 4.69) is 52.3 Å². The van der Waals surface area contributed by atoms with E-state index in [0.29, 0.717) is 11.6 Å². The van der Waals surface area contributed by atoms with E-state index in [1.807, 2.05) is 36.2 Å². The zero-order chi connectivity index (χ0) is 23.3. The molecule has 5 nitrogen and oxygen atoms in total. The van der Waals surface area contributed by atoms with Gasteiger partial charge in [0.15, 0.2) is 0 Å². The third kappa shape index (κ3) is 5.15. The second kappa shape index (κ2) is 10.4. The summed E-state index contributed by atoms with van der Waals surface area (Å²) in [5.41, 5.74) is 4.49. The molecule has 2 aliphatic rings. The maximum absolute atomic E-state index is 13.3. The lowest BCUT2D eigenvalue weighted by atomic mass is 9.84. The van der Waals surface area contributed by atoms with Crippen LogP contribution >= 0.6 is 0 Å². The van der Waals surface area contributed by atoms with Crippen LogP contribution in [0.25, 0.3) is 0 Å². The number of benzene rings is 2.